The number of fused-ring (bicyclic) bond motifs is 1. The quantitative estimate of drug-likeness (QED) is 0.656. The van der Waals surface area contributed by atoms with Crippen LogP contribution in [0.4, 0.5) is 5.69 Å². The van der Waals surface area contributed by atoms with Crippen LogP contribution in [0.2, 0.25) is 0 Å². The molecule has 0 aliphatic rings. The van der Waals surface area contributed by atoms with Crippen molar-refractivity contribution in [2.75, 3.05) is 5.32 Å². The molecule has 0 amide bonds. The molecule has 3 heteroatoms. The minimum Gasteiger partial charge on any atom is -0.379 e. The Morgan fingerprint density at radius 2 is 1.75 bits per heavy atom. The standard InChI is InChI=1S/C17H17IN2/c1-12-15-5-3-4-6-16(15)20(2)17(12)11-19-14-9-7-13(18)8-10-14/h3-10,19H,11H2,1-2H3. The summed E-state index contributed by atoms with van der Waals surface area (Å²) in [5.41, 5.74) is 5.16. The van der Waals surface area contributed by atoms with Crippen LogP contribution in [0.15, 0.2) is 48.5 Å². The molecule has 3 rings (SSSR count). The maximum absolute atomic E-state index is 3.51. The number of nitrogens with zero attached hydrogens (tertiary/aromatic N) is 1. The molecule has 0 aliphatic heterocycles. The molecule has 0 aliphatic carbocycles. The third kappa shape index (κ3) is 2.42. The number of hydrogen-bond donors (Lipinski definition) is 1. The molecule has 20 heavy (non-hydrogen) atoms. The average Bonchev–Trinajstić information content (AvgIpc) is 2.71. The first kappa shape index (κ1) is 13.5. The number of aromatic nitrogens is 1. The third-order valence-corrected chi connectivity index (χ3v) is 4.53. The number of benzene rings is 2. The zero-order valence-corrected chi connectivity index (χ0v) is 13.8. The van der Waals surface area contributed by atoms with Gasteiger partial charge in [-0.3, -0.25) is 0 Å². The second kappa shape index (κ2) is 5.48. The lowest BCUT2D eigenvalue weighted by atomic mass is 10.1. The second-order valence-electron chi connectivity index (χ2n) is 5.01. The van der Waals surface area contributed by atoms with Gasteiger partial charge in [0.1, 0.15) is 0 Å². The summed E-state index contributed by atoms with van der Waals surface area (Å²) in [4.78, 5) is 0. The normalized spacial score (nSPS) is 10.9. The van der Waals surface area contributed by atoms with E-state index in [0.717, 1.165) is 12.2 Å². The molecule has 1 aromatic heterocycles. The van der Waals surface area contributed by atoms with E-state index in [9.17, 15) is 0 Å². The van der Waals surface area contributed by atoms with E-state index in [1.54, 1.807) is 0 Å². The fourth-order valence-electron chi connectivity index (χ4n) is 2.64. The zero-order chi connectivity index (χ0) is 14.1. The van der Waals surface area contributed by atoms with Crippen LogP contribution >= 0.6 is 22.6 Å². The maximum Gasteiger partial charge on any atom is 0.0556 e. The van der Waals surface area contributed by atoms with Crippen LogP contribution in [0.25, 0.3) is 10.9 Å². The van der Waals surface area contributed by atoms with Crippen LogP contribution in [0.3, 0.4) is 0 Å². The summed E-state index contributed by atoms with van der Waals surface area (Å²) in [6.45, 7) is 3.05. The van der Waals surface area contributed by atoms with Gasteiger partial charge < -0.3 is 9.88 Å². The molecule has 0 radical (unpaired) electrons. The van der Waals surface area contributed by atoms with Crippen molar-refractivity contribution >= 4 is 39.2 Å². The lowest BCUT2D eigenvalue weighted by Gasteiger charge is -2.09. The van der Waals surface area contributed by atoms with Gasteiger partial charge in [0, 0.05) is 32.9 Å². The van der Waals surface area contributed by atoms with Gasteiger partial charge in [0.05, 0.1) is 6.54 Å². The topological polar surface area (TPSA) is 17.0 Å². The van der Waals surface area contributed by atoms with Gasteiger partial charge in [-0.15, -0.1) is 0 Å². The number of aryl methyl sites for hydroxylation is 2. The molecule has 102 valence electrons. The van der Waals surface area contributed by atoms with Crippen molar-refractivity contribution in [1.29, 1.82) is 0 Å². The summed E-state index contributed by atoms with van der Waals surface area (Å²) in [6, 6.07) is 17.1. The molecule has 0 spiro atoms. The highest BCUT2D eigenvalue weighted by Crippen LogP contribution is 2.25. The van der Waals surface area contributed by atoms with E-state index in [-0.39, 0.29) is 0 Å². The highest BCUT2D eigenvalue weighted by molar-refractivity contribution is 14.1. The fourth-order valence-corrected chi connectivity index (χ4v) is 3.00. The SMILES string of the molecule is Cc1c(CNc2ccc(I)cc2)n(C)c2ccccc12. The molecule has 0 saturated carbocycles. The van der Waals surface area contributed by atoms with Crippen LogP contribution in [-0.2, 0) is 13.6 Å². The number of halogens is 1. The number of para-hydroxylation sites is 1. The molecular weight excluding hydrogens is 359 g/mol. The van der Waals surface area contributed by atoms with E-state index in [1.807, 2.05) is 0 Å². The Labute approximate surface area is 132 Å². The van der Waals surface area contributed by atoms with Crippen molar-refractivity contribution in [1.82, 2.24) is 4.57 Å². The Balaban J connectivity index is 1.89. The number of rotatable bonds is 3. The summed E-state index contributed by atoms with van der Waals surface area (Å²) >= 11 is 2.32. The van der Waals surface area contributed by atoms with Crippen LogP contribution in [0.1, 0.15) is 11.3 Å². The Hall–Kier alpha value is -1.49. The Morgan fingerprint density at radius 3 is 2.45 bits per heavy atom. The Kier molecular flexibility index (Phi) is 3.70. The van der Waals surface area contributed by atoms with Gasteiger partial charge in [0.25, 0.3) is 0 Å². The largest absolute Gasteiger partial charge is 0.379 e. The predicted molar refractivity (Wildman–Crippen MR) is 94.1 cm³/mol. The number of hydrogen-bond acceptors (Lipinski definition) is 1. The summed E-state index contributed by atoms with van der Waals surface area (Å²) in [6.07, 6.45) is 0. The third-order valence-electron chi connectivity index (χ3n) is 3.81. The zero-order valence-electron chi connectivity index (χ0n) is 11.7. The van der Waals surface area contributed by atoms with E-state index >= 15 is 0 Å². The van der Waals surface area contributed by atoms with Crippen LogP contribution in [-0.4, -0.2) is 4.57 Å². The van der Waals surface area contributed by atoms with Crippen molar-refractivity contribution in [3.8, 4) is 0 Å². The monoisotopic (exact) mass is 376 g/mol. The predicted octanol–water partition coefficient (Wildman–Crippen LogP) is 4.70. The van der Waals surface area contributed by atoms with Gasteiger partial charge in [-0.1, -0.05) is 18.2 Å². The van der Waals surface area contributed by atoms with Gasteiger partial charge in [-0.2, -0.15) is 0 Å². The van der Waals surface area contributed by atoms with E-state index in [0.29, 0.717) is 0 Å². The molecule has 1 heterocycles. The maximum atomic E-state index is 3.51. The Morgan fingerprint density at radius 1 is 1.05 bits per heavy atom. The first-order valence-electron chi connectivity index (χ1n) is 6.69. The Bertz CT molecular complexity index is 703. The first-order chi connectivity index (χ1) is 9.66. The van der Waals surface area contributed by atoms with Crippen molar-refractivity contribution in [2.24, 2.45) is 7.05 Å². The molecule has 0 atom stereocenters. The number of nitrogens with one attached hydrogen (secondary N) is 1. The van der Waals surface area contributed by atoms with Crippen molar-refractivity contribution in [3.63, 3.8) is 0 Å². The fraction of sp³-hybridized carbons (Fsp3) is 0.176. The second-order valence-corrected chi connectivity index (χ2v) is 6.25. The average molecular weight is 376 g/mol. The molecule has 2 aromatic carbocycles. The summed E-state index contributed by atoms with van der Waals surface area (Å²) in [5, 5.41) is 4.85. The highest BCUT2D eigenvalue weighted by atomic mass is 127. The lowest BCUT2D eigenvalue weighted by molar-refractivity contribution is 0.862. The lowest BCUT2D eigenvalue weighted by Crippen LogP contribution is -2.05. The molecule has 0 saturated heterocycles. The first-order valence-corrected chi connectivity index (χ1v) is 7.77. The van der Waals surface area contributed by atoms with Gasteiger partial charge >= 0.3 is 0 Å². The van der Waals surface area contributed by atoms with E-state index < -0.39 is 0 Å². The molecule has 2 nitrogen and oxygen atoms in total. The molecule has 0 fully saturated rings. The smallest absolute Gasteiger partial charge is 0.0556 e. The summed E-state index contributed by atoms with van der Waals surface area (Å²) in [5.74, 6) is 0. The molecule has 0 unspecified atom stereocenters. The van der Waals surface area contributed by atoms with E-state index in [2.05, 4.69) is 95.0 Å². The van der Waals surface area contributed by atoms with Gasteiger partial charge in [-0.25, -0.2) is 0 Å². The summed E-state index contributed by atoms with van der Waals surface area (Å²) < 4.78 is 3.54. The molecule has 0 bridgehead atoms. The van der Waals surface area contributed by atoms with Crippen LogP contribution in [0, 0.1) is 10.5 Å². The minimum absolute atomic E-state index is 0.845. The van der Waals surface area contributed by atoms with Crippen molar-refractivity contribution < 1.29 is 0 Å². The highest BCUT2D eigenvalue weighted by Gasteiger charge is 2.10. The summed E-state index contributed by atoms with van der Waals surface area (Å²) in [7, 11) is 2.14. The van der Waals surface area contributed by atoms with E-state index in [4.69, 9.17) is 0 Å². The number of anilines is 1. The molecular formula is C17H17IN2. The van der Waals surface area contributed by atoms with Crippen molar-refractivity contribution in [2.45, 2.75) is 13.5 Å². The van der Waals surface area contributed by atoms with E-state index in [1.165, 1.54) is 25.7 Å². The molecule has 3 aromatic rings. The minimum atomic E-state index is 0.845. The van der Waals surface area contributed by atoms with Crippen LogP contribution in [0.5, 0.6) is 0 Å². The molecule has 1 N–H and O–H groups in total. The van der Waals surface area contributed by atoms with Gasteiger partial charge in [0.15, 0.2) is 0 Å². The van der Waals surface area contributed by atoms with Gasteiger partial charge in [-0.05, 0) is 65.4 Å². The van der Waals surface area contributed by atoms with Crippen LogP contribution < -0.4 is 5.32 Å². The van der Waals surface area contributed by atoms with Gasteiger partial charge in [0.2, 0.25) is 0 Å². The van der Waals surface area contributed by atoms with Crippen molar-refractivity contribution in [3.05, 3.63) is 63.4 Å².